The number of carbonyl (C=O) groups excluding carboxylic acids is 1. The van der Waals surface area contributed by atoms with Gasteiger partial charge in [0, 0.05) is 5.69 Å². The van der Waals surface area contributed by atoms with E-state index in [4.69, 9.17) is 4.74 Å². The number of fused-ring (bicyclic) bond motifs is 2. The van der Waals surface area contributed by atoms with Crippen LogP contribution in [0.4, 0.5) is 5.69 Å². The van der Waals surface area contributed by atoms with Crippen molar-refractivity contribution in [2.75, 3.05) is 5.32 Å². The molecule has 1 aromatic carbocycles. The summed E-state index contributed by atoms with van der Waals surface area (Å²) in [6.07, 6.45) is 2.56. The second kappa shape index (κ2) is 5.57. The first kappa shape index (κ1) is 14.8. The van der Waals surface area contributed by atoms with Crippen molar-refractivity contribution in [2.45, 2.75) is 32.0 Å². The third kappa shape index (κ3) is 2.52. The molecule has 2 N–H and O–H groups in total. The van der Waals surface area contributed by atoms with Crippen molar-refractivity contribution < 1.29 is 19.4 Å². The molecule has 3 rings (SSSR count). The number of amides is 1. The Morgan fingerprint density at radius 2 is 1.68 bits per heavy atom. The highest BCUT2D eigenvalue weighted by Gasteiger charge is 2.53. The van der Waals surface area contributed by atoms with E-state index in [0.717, 1.165) is 0 Å². The molecule has 4 atom stereocenters. The lowest BCUT2D eigenvalue weighted by Gasteiger charge is -2.21. The number of aliphatic carboxylic acids is 1. The summed E-state index contributed by atoms with van der Waals surface area (Å²) in [7, 11) is 0. The summed E-state index contributed by atoms with van der Waals surface area (Å²) < 4.78 is 5.52. The molecule has 0 aliphatic carbocycles. The predicted molar refractivity (Wildman–Crippen MR) is 81.6 cm³/mol. The van der Waals surface area contributed by atoms with Crippen LogP contribution < -0.4 is 5.32 Å². The van der Waals surface area contributed by atoms with Crippen LogP contribution in [-0.4, -0.2) is 29.2 Å². The molecule has 1 fully saturated rings. The Morgan fingerprint density at radius 3 is 2.23 bits per heavy atom. The lowest BCUT2D eigenvalue weighted by atomic mass is 9.82. The van der Waals surface area contributed by atoms with Crippen molar-refractivity contribution in [3.63, 3.8) is 0 Å². The van der Waals surface area contributed by atoms with E-state index in [0.29, 0.717) is 11.6 Å². The summed E-state index contributed by atoms with van der Waals surface area (Å²) in [5.41, 5.74) is 1.86. The number of anilines is 1. The molecule has 2 aliphatic rings. The molecule has 1 aromatic rings. The van der Waals surface area contributed by atoms with Crippen molar-refractivity contribution in [2.24, 2.45) is 11.8 Å². The minimum atomic E-state index is -0.993. The molecule has 5 heteroatoms. The van der Waals surface area contributed by atoms with Crippen LogP contribution in [0.5, 0.6) is 0 Å². The average Bonchev–Trinajstić information content (AvgIpc) is 3.08. The topological polar surface area (TPSA) is 75.6 Å². The van der Waals surface area contributed by atoms with Crippen molar-refractivity contribution in [3.8, 4) is 0 Å². The molecule has 2 bridgehead atoms. The van der Waals surface area contributed by atoms with Gasteiger partial charge in [0.2, 0.25) is 5.91 Å². The molecule has 2 aliphatic heterocycles. The number of carboxylic acid groups (broad SMARTS) is 1. The summed E-state index contributed by atoms with van der Waals surface area (Å²) in [6, 6.07) is 7.61. The molecular formula is C17H19NO4. The van der Waals surface area contributed by atoms with Crippen LogP contribution in [0, 0.1) is 11.8 Å². The van der Waals surface area contributed by atoms with E-state index in [2.05, 4.69) is 19.2 Å². The molecule has 0 aromatic heterocycles. The molecule has 5 nitrogen and oxygen atoms in total. The van der Waals surface area contributed by atoms with Crippen molar-refractivity contribution in [1.82, 2.24) is 0 Å². The summed E-state index contributed by atoms with van der Waals surface area (Å²) in [5.74, 6) is -2.37. The summed E-state index contributed by atoms with van der Waals surface area (Å²) in [6.45, 7) is 4.20. The standard InChI is InChI=1S/C17H19NO4/c1-9(2)10-3-5-11(6-4-10)18-16(19)14-12-7-8-13(22-12)15(14)17(20)21/h3-9,12-15H,1-2H3,(H,18,19)(H,20,21)/t12-,13-,14-,15-/m1/s1. The van der Waals surface area contributed by atoms with Gasteiger partial charge in [0.25, 0.3) is 0 Å². The van der Waals surface area contributed by atoms with Crippen LogP contribution in [0.2, 0.25) is 0 Å². The number of carbonyl (C=O) groups is 2. The number of hydrogen-bond acceptors (Lipinski definition) is 3. The molecule has 1 saturated heterocycles. The van der Waals surface area contributed by atoms with Gasteiger partial charge in [-0.05, 0) is 23.6 Å². The largest absolute Gasteiger partial charge is 0.481 e. The van der Waals surface area contributed by atoms with Gasteiger partial charge in [0.15, 0.2) is 0 Å². The van der Waals surface area contributed by atoms with E-state index in [-0.39, 0.29) is 5.91 Å². The zero-order valence-corrected chi connectivity index (χ0v) is 12.5. The first-order chi connectivity index (χ1) is 10.5. The van der Waals surface area contributed by atoms with Crippen molar-refractivity contribution in [3.05, 3.63) is 42.0 Å². The third-order valence-electron chi connectivity index (χ3n) is 4.33. The molecule has 0 unspecified atom stereocenters. The zero-order chi connectivity index (χ0) is 15.9. The molecule has 2 heterocycles. The number of carboxylic acids is 1. The fourth-order valence-corrected chi connectivity index (χ4v) is 3.09. The molecule has 0 spiro atoms. The summed E-state index contributed by atoms with van der Waals surface area (Å²) in [4.78, 5) is 23.8. The lowest BCUT2D eigenvalue weighted by Crippen LogP contribution is -2.39. The average molecular weight is 301 g/mol. The Hall–Kier alpha value is -2.14. The van der Waals surface area contributed by atoms with Crippen molar-refractivity contribution in [1.29, 1.82) is 0 Å². The maximum absolute atomic E-state index is 12.4. The Morgan fingerprint density at radius 1 is 1.09 bits per heavy atom. The van der Waals surface area contributed by atoms with Gasteiger partial charge in [0.1, 0.15) is 5.92 Å². The number of ether oxygens (including phenoxy) is 1. The van der Waals surface area contributed by atoms with E-state index in [1.807, 2.05) is 24.3 Å². The lowest BCUT2D eigenvalue weighted by molar-refractivity contribution is -0.145. The van der Waals surface area contributed by atoms with E-state index in [9.17, 15) is 14.7 Å². The summed E-state index contributed by atoms with van der Waals surface area (Å²) in [5, 5.41) is 12.1. The van der Waals surface area contributed by atoms with Crippen LogP contribution in [-0.2, 0) is 14.3 Å². The van der Waals surface area contributed by atoms with Gasteiger partial charge in [-0.25, -0.2) is 0 Å². The fourth-order valence-electron chi connectivity index (χ4n) is 3.09. The monoisotopic (exact) mass is 301 g/mol. The van der Waals surface area contributed by atoms with Gasteiger partial charge in [-0.2, -0.15) is 0 Å². The van der Waals surface area contributed by atoms with E-state index in [1.54, 1.807) is 12.2 Å². The Labute approximate surface area is 129 Å². The van der Waals surface area contributed by atoms with Gasteiger partial charge >= 0.3 is 5.97 Å². The van der Waals surface area contributed by atoms with Gasteiger partial charge in [0.05, 0.1) is 18.1 Å². The zero-order valence-electron chi connectivity index (χ0n) is 12.5. The Kier molecular flexibility index (Phi) is 3.74. The third-order valence-corrected chi connectivity index (χ3v) is 4.33. The van der Waals surface area contributed by atoms with E-state index < -0.39 is 30.0 Å². The van der Waals surface area contributed by atoms with Crippen LogP contribution >= 0.6 is 0 Å². The van der Waals surface area contributed by atoms with Crippen LogP contribution in [0.3, 0.4) is 0 Å². The molecule has 22 heavy (non-hydrogen) atoms. The quantitative estimate of drug-likeness (QED) is 0.837. The smallest absolute Gasteiger partial charge is 0.310 e. The van der Waals surface area contributed by atoms with Crippen LogP contribution in [0.1, 0.15) is 25.3 Å². The number of hydrogen-bond donors (Lipinski definition) is 2. The normalized spacial score (nSPS) is 29.0. The highest BCUT2D eigenvalue weighted by Crippen LogP contribution is 2.39. The van der Waals surface area contributed by atoms with Crippen LogP contribution in [0.15, 0.2) is 36.4 Å². The van der Waals surface area contributed by atoms with Gasteiger partial charge in [-0.1, -0.05) is 38.1 Å². The first-order valence-electron chi connectivity index (χ1n) is 7.45. The minimum absolute atomic E-state index is 0.304. The highest BCUT2D eigenvalue weighted by atomic mass is 16.5. The molecule has 0 radical (unpaired) electrons. The van der Waals surface area contributed by atoms with Gasteiger partial charge in [-0.15, -0.1) is 0 Å². The van der Waals surface area contributed by atoms with Crippen molar-refractivity contribution >= 4 is 17.6 Å². The van der Waals surface area contributed by atoms with Gasteiger partial charge < -0.3 is 15.2 Å². The SMILES string of the molecule is CC(C)c1ccc(NC(=O)[C@H]2[C@H](C(=O)O)[C@H]3C=C[C@H]2O3)cc1. The first-order valence-corrected chi connectivity index (χ1v) is 7.45. The van der Waals surface area contributed by atoms with E-state index >= 15 is 0 Å². The van der Waals surface area contributed by atoms with Crippen LogP contribution in [0.25, 0.3) is 0 Å². The second-order valence-corrected chi connectivity index (χ2v) is 6.11. The Balaban J connectivity index is 1.74. The number of rotatable bonds is 4. The number of nitrogens with one attached hydrogen (secondary N) is 1. The highest BCUT2D eigenvalue weighted by molar-refractivity contribution is 5.96. The molecule has 0 saturated carbocycles. The van der Waals surface area contributed by atoms with Gasteiger partial charge in [-0.3, -0.25) is 9.59 Å². The molecule has 116 valence electrons. The predicted octanol–water partition coefficient (Wildman–Crippen LogP) is 2.40. The molecular weight excluding hydrogens is 282 g/mol. The van der Waals surface area contributed by atoms with E-state index in [1.165, 1.54) is 5.56 Å². The molecule has 1 amide bonds. The summed E-state index contributed by atoms with van der Waals surface area (Å²) >= 11 is 0. The second-order valence-electron chi connectivity index (χ2n) is 6.11. The Bertz CT molecular complexity index is 620. The number of benzene rings is 1. The maximum Gasteiger partial charge on any atom is 0.310 e. The minimum Gasteiger partial charge on any atom is -0.481 e. The maximum atomic E-state index is 12.4. The fraction of sp³-hybridized carbons (Fsp3) is 0.412.